The molecule has 0 N–H and O–H groups in total. The smallest absolute Gasteiger partial charge is 0.136 e. The lowest BCUT2D eigenvalue weighted by atomic mass is 9.85. The molecule has 2 heteroatoms. The molecule has 0 unspecified atom stereocenters. The molecule has 1 nitrogen and oxygen atoms in total. The highest BCUT2D eigenvalue weighted by Gasteiger charge is 2.19. The maximum atomic E-state index is 6.25. The first-order valence-electron chi connectivity index (χ1n) is 15.7. The van der Waals surface area contributed by atoms with E-state index in [0.29, 0.717) is 0 Å². The van der Waals surface area contributed by atoms with Gasteiger partial charge in [-0.25, -0.2) is 0 Å². The van der Waals surface area contributed by atoms with Crippen LogP contribution in [0.25, 0.3) is 97.0 Å². The van der Waals surface area contributed by atoms with E-state index in [-0.39, 0.29) is 0 Å². The molecule has 0 aliphatic rings. The number of hydrogen-bond acceptors (Lipinski definition) is 2. The lowest BCUT2D eigenvalue weighted by Crippen LogP contribution is -1.91. The van der Waals surface area contributed by atoms with Crippen molar-refractivity contribution in [2.24, 2.45) is 0 Å². The van der Waals surface area contributed by atoms with Crippen molar-refractivity contribution in [2.45, 2.75) is 0 Å². The molecule has 46 heavy (non-hydrogen) atoms. The number of fused-ring (bicyclic) bond motifs is 9. The molecule has 0 atom stereocenters. The second kappa shape index (κ2) is 9.90. The summed E-state index contributed by atoms with van der Waals surface area (Å²) in [6, 6.07) is 57.2. The van der Waals surface area contributed by atoms with E-state index in [1.165, 1.54) is 85.9 Å². The van der Waals surface area contributed by atoms with Gasteiger partial charge < -0.3 is 4.42 Å². The van der Waals surface area contributed by atoms with E-state index >= 15 is 0 Å². The zero-order valence-corrected chi connectivity index (χ0v) is 25.6. The Hall–Kier alpha value is -5.70. The van der Waals surface area contributed by atoms with Crippen molar-refractivity contribution in [2.75, 3.05) is 0 Å². The number of furan rings is 1. The van der Waals surface area contributed by atoms with E-state index in [4.69, 9.17) is 4.42 Å². The van der Waals surface area contributed by atoms with Crippen molar-refractivity contribution in [1.29, 1.82) is 0 Å². The first-order chi connectivity index (χ1) is 22.8. The van der Waals surface area contributed by atoms with E-state index in [1.807, 2.05) is 17.4 Å². The Morgan fingerprint density at radius 1 is 0.326 bits per heavy atom. The minimum Gasteiger partial charge on any atom is -0.456 e. The largest absolute Gasteiger partial charge is 0.456 e. The molecule has 0 radical (unpaired) electrons. The van der Waals surface area contributed by atoms with E-state index in [2.05, 4.69) is 152 Å². The average Bonchev–Trinajstić information content (AvgIpc) is 3.68. The minimum atomic E-state index is 0.938. The highest BCUT2D eigenvalue weighted by Crippen LogP contribution is 2.47. The monoisotopic (exact) mass is 602 g/mol. The maximum Gasteiger partial charge on any atom is 0.136 e. The predicted octanol–water partition coefficient (Wildman–Crippen LogP) is 13.3. The maximum absolute atomic E-state index is 6.25. The summed E-state index contributed by atoms with van der Waals surface area (Å²) in [5.41, 5.74) is 9.38. The molecule has 214 valence electrons. The summed E-state index contributed by atoms with van der Waals surface area (Å²) in [5, 5.41) is 10.0. The lowest BCUT2D eigenvalue weighted by molar-refractivity contribution is 0.669. The zero-order valence-electron chi connectivity index (χ0n) is 24.8. The third-order valence-corrected chi connectivity index (χ3v) is 10.6. The third kappa shape index (κ3) is 3.74. The van der Waals surface area contributed by atoms with Gasteiger partial charge in [0.15, 0.2) is 0 Å². The minimum absolute atomic E-state index is 0.938. The quantitative estimate of drug-likeness (QED) is 0.183. The van der Waals surface area contributed by atoms with Gasteiger partial charge in [0.05, 0.1) is 0 Å². The molecule has 10 aromatic rings. The molecule has 8 aromatic carbocycles. The van der Waals surface area contributed by atoms with Crippen LogP contribution in [0, 0.1) is 0 Å². The van der Waals surface area contributed by atoms with Crippen LogP contribution >= 0.6 is 11.3 Å². The topological polar surface area (TPSA) is 13.1 Å². The van der Waals surface area contributed by atoms with Crippen molar-refractivity contribution >= 4 is 75.0 Å². The average molecular weight is 603 g/mol. The Kier molecular flexibility index (Phi) is 5.51. The molecular formula is C44H26OS. The van der Waals surface area contributed by atoms with Crippen LogP contribution in [0.15, 0.2) is 162 Å². The molecule has 0 saturated heterocycles. The molecule has 0 bridgehead atoms. The fourth-order valence-electron chi connectivity index (χ4n) is 7.47. The van der Waals surface area contributed by atoms with Crippen LogP contribution in [0.2, 0.25) is 0 Å². The number of benzene rings is 8. The number of para-hydroxylation sites is 1. The van der Waals surface area contributed by atoms with Crippen molar-refractivity contribution in [3.8, 4) is 33.4 Å². The standard InChI is InChI=1S/C44H26OS/c1-2-11-27(12-3-1)28-13-10-14-29(25-28)41-31-15-4-6-17-33(31)42(34-18-7-5-16-32(34)41)30-21-22-36-40(26-30)46-39-24-23-38-43(44(36)39)35-19-8-9-20-37(35)45-38/h1-26H. The number of thiophene rings is 1. The first kappa shape index (κ1) is 25.6. The molecule has 0 amide bonds. The highest BCUT2D eigenvalue weighted by atomic mass is 32.1. The zero-order chi connectivity index (χ0) is 30.2. The van der Waals surface area contributed by atoms with Crippen molar-refractivity contribution < 1.29 is 4.42 Å². The Bertz CT molecular complexity index is 2740. The summed E-state index contributed by atoms with van der Waals surface area (Å²) in [5.74, 6) is 0. The molecular weight excluding hydrogens is 577 g/mol. The Morgan fingerprint density at radius 2 is 0.913 bits per heavy atom. The van der Waals surface area contributed by atoms with Gasteiger partial charge in [0, 0.05) is 30.9 Å². The van der Waals surface area contributed by atoms with Crippen LogP contribution in [0.4, 0.5) is 0 Å². The van der Waals surface area contributed by atoms with Gasteiger partial charge >= 0.3 is 0 Å². The van der Waals surface area contributed by atoms with Gasteiger partial charge in [-0.3, -0.25) is 0 Å². The van der Waals surface area contributed by atoms with Gasteiger partial charge in [-0.15, -0.1) is 11.3 Å². The first-order valence-corrected chi connectivity index (χ1v) is 16.5. The van der Waals surface area contributed by atoms with Crippen LogP contribution in [0.1, 0.15) is 0 Å². The Morgan fingerprint density at radius 3 is 1.63 bits per heavy atom. The van der Waals surface area contributed by atoms with Crippen LogP contribution in [0.3, 0.4) is 0 Å². The molecule has 0 saturated carbocycles. The fraction of sp³-hybridized carbons (Fsp3) is 0. The molecule has 0 aliphatic heterocycles. The van der Waals surface area contributed by atoms with Gasteiger partial charge in [0.25, 0.3) is 0 Å². The molecule has 0 spiro atoms. The molecule has 0 fully saturated rings. The summed E-state index contributed by atoms with van der Waals surface area (Å²) in [6.07, 6.45) is 0. The SMILES string of the molecule is c1ccc(-c2cccc(-c3c4ccccc4c(-c4ccc5c(c4)sc4ccc6oc7ccccc7c6c45)c4ccccc34)c2)cc1. The van der Waals surface area contributed by atoms with Crippen LogP contribution < -0.4 is 0 Å². The molecule has 2 aromatic heterocycles. The van der Waals surface area contributed by atoms with Crippen molar-refractivity contribution in [1.82, 2.24) is 0 Å². The van der Waals surface area contributed by atoms with Gasteiger partial charge in [0.1, 0.15) is 11.2 Å². The van der Waals surface area contributed by atoms with E-state index in [0.717, 1.165) is 11.2 Å². The number of hydrogen-bond donors (Lipinski definition) is 0. The Balaban J connectivity index is 1.24. The Labute approximate surface area is 269 Å². The van der Waals surface area contributed by atoms with Crippen LogP contribution in [-0.4, -0.2) is 0 Å². The molecule has 0 aliphatic carbocycles. The van der Waals surface area contributed by atoms with E-state index in [1.54, 1.807) is 0 Å². The number of rotatable bonds is 3. The highest BCUT2D eigenvalue weighted by molar-refractivity contribution is 7.26. The van der Waals surface area contributed by atoms with Gasteiger partial charge in [-0.2, -0.15) is 0 Å². The summed E-state index contributed by atoms with van der Waals surface area (Å²) in [6.45, 7) is 0. The third-order valence-electron chi connectivity index (χ3n) is 9.45. The lowest BCUT2D eigenvalue weighted by Gasteiger charge is -2.18. The summed E-state index contributed by atoms with van der Waals surface area (Å²) in [4.78, 5) is 0. The molecule has 10 rings (SSSR count). The van der Waals surface area contributed by atoms with E-state index in [9.17, 15) is 0 Å². The fourth-order valence-corrected chi connectivity index (χ4v) is 8.63. The van der Waals surface area contributed by atoms with Gasteiger partial charge in [-0.05, 0) is 85.3 Å². The van der Waals surface area contributed by atoms with Gasteiger partial charge in [0.2, 0.25) is 0 Å². The van der Waals surface area contributed by atoms with Crippen molar-refractivity contribution in [3.63, 3.8) is 0 Å². The second-order valence-electron chi connectivity index (χ2n) is 12.0. The summed E-state index contributed by atoms with van der Waals surface area (Å²) >= 11 is 1.87. The predicted molar refractivity (Wildman–Crippen MR) is 198 cm³/mol. The van der Waals surface area contributed by atoms with Crippen molar-refractivity contribution in [3.05, 3.63) is 158 Å². The normalized spacial score (nSPS) is 11.9. The van der Waals surface area contributed by atoms with Crippen LogP contribution in [0.5, 0.6) is 0 Å². The molecule has 2 heterocycles. The summed E-state index contributed by atoms with van der Waals surface area (Å²) in [7, 11) is 0. The summed E-state index contributed by atoms with van der Waals surface area (Å²) < 4.78 is 8.83. The van der Waals surface area contributed by atoms with E-state index < -0.39 is 0 Å². The van der Waals surface area contributed by atoms with Gasteiger partial charge in [-0.1, -0.05) is 127 Å². The van der Waals surface area contributed by atoms with Crippen LogP contribution in [-0.2, 0) is 0 Å². The second-order valence-corrected chi connectivity index (χ2v) is 13.1.